The van der Waals surface area contributed by atoms with E-state index in [1.54, 1.807) is 10.9 Å². The molecule has 1 N–H and O–H groups in total. The number of hydrogen-bond acceptors (Lipinski definition) is 2. The molecule has 2 aromatic rings. The molecule has 2 fully saturated rings. The van der Waals surface area contributed by atoms with Crippen LogP contribution < -0.4 is 5.32 Å². The molecule has 1 unspecified atom stereocenters. The van der Waals surface area contributed by atoms with Crippen molar-refractivity contribution >= 4 is 11.8 Å². The molecule has 126 valence electrons. The summed E-state index contributed by atoms with van der Waals surface area (Å²) in [5.41, 5.74) is 1.52. The summed E-state index contributed by atoms with van der Waals surface area (Å²) in [5.74, 6) is 0.733. The first kappa shape index (κ1) is 15.2. The average molecular weight is 324 g/mol. The predicted octanol–water partition coefficient (Wildman–Crippen LogP) is 3.96. The van der Waals surface area contributed by atoms with Crippen molar-refractivity contribution in [1.82, 2.24) is 14.7 Å². The van der Waals surface area contributed by atoms with Gasteiger partial charge in [-0.15, -0.1) is 0 Å². The molecule has 1 aliphatic heterocycles. The molecule has 5 heteroatoms. The number of hydrogen-bond donors (Lipinski definition) is 1. The molecule has 2 aliphatic rings. The summed E-state index contributed by atoms with van der Waals surface area (Å²) < 4.78 is 1.69. The lowest BCUT2D eigenvalue weighted by atomic mass is 9.61. The summed E-state index contributed by atoms with van der Waals surface area (Å²) in [6, 6.07) is 12.5. The van der Waals surface area contributed by atoms with E-state index >= 15 is 0 Å². The predicted molar refractivity (Wildman–Crippen MR) is 93.6 cm³/mol. The quantitative estimate of drug-likeness (QED) is 0.909. The topological polar surface area (TPSA) is 50.2 Å². The summed E-state index contributed by atoms with van der Waals surface area (Å²) in [6.07, 6.45) is 8.03. The van der Waals surface area contributed by atoms with Crippen LogP contribution in [-0.2, 0) is 7.05 Å². The molecule has 1 atom stereocenters. The Labute approximate surface area is 142 Å². The van der Waals surface area contributed by atoms with Crippen molar-refractivity contribution in [3.8, 4) is 0 Å². The second kappa shape index (κ2) is 5.96. The average Bonchev–Trinajstić information content (AvgIpc) is 2.99. The minimum atomic E-state index is -0.0244. The van der Waals surface area contributed by atoms with E-state index in [0.717, 1.165) is 12.4 Å². The molecule has 1 aromatic carbocycles. The van der Waals surface area contributed by atoms with Crippen LogP contribution in [0.1, 0.15) is 43.7 Å². The van der Waals surface area contributed by atoms with Crippen molar-refractivity contribution in [2.45, 2.75) is 38.1 Å². The van der Waals surface area contributed by atoms with Gasteiger partial charge in [-0.2, -0.15) is 5.10 Å². The number of aromatic nitrogens is 2. The van der Waals surface area contributed by atoms with Gasteiger partial charge in [-0.25, -0.2) is 4.79 Å². The van der Waals surface area contributed by atoms with E-state index in [0.29, 0.717) is 0 Å². The van der Waals surface area contributed by atoms with Crippen molar-refractivity contribution < 1.29 is 4.79 Å². The van der Waals surface area contributed by atoms with Gasteiger partial charge in [0, 0.05) is 25.1 Å². The van der Waals surface area contributed by atoms with Gasteiger partial charge < -0.3 is 4.90 Å². The largest absolute Gasteiger partial charge is 0.323 e. The summed E-state index contributed by atoms with van der Waals surface area (Å²) in [6.45, 7) is 0.857. The fraction of sp³-hybridized carbons (Fsp3) is 0.474. The van der Waals surface area contributed by atoms with Gasteiger partial charge in [-0.05, 0) is 18.4 Å². The lowest BCUT2D eigenvalue weighted by Crippen LogP contribution is -2.62. The fourth-order valence-corrected chi connectivity index (χ4v) is 4.46. The monoisotopic (exact) mass is 324 g/mol. The first-order valence-corrected chi connectivity index (χ1v) is 8.80. The standard InChI is InChI=1S/C19H24N4O/c1-22-16(10-13-20-22)21-18(24)23-14-19(11-6-3-7-12-19)17(23)15-8-4-2-5-9-15/h2,4-5,8-10,13,17H,3,6-7,11-12,14H2,1H3,(H,21,24). The van der Waals surface area contributed by atoms with Gasteiger partial charge in [-0.1, -0.05) is 49.6 Å². The van der Waals surface area contributed by atoms with Crippen LogP contribution in [0.3, 0.4) is 0 Å². The highest BCUT2D eigenvalue weighted by molar-refractivity contribution is 5.89. The third-order valence-electron chi connectivity index (χ3n) is 5.66. The van der Waals surface area contributed by atoms with Crippen molar-refractivity contribution in [3.05, 3.63) is 48.2 Å². The zero-order valence-corrected chi connectivity index (χ0v) is 14.1. The first-order valence-electron chi connectivity index (χ1n) is 8.80. The molecule has 5 nitrogen and oxygen atoms in total. The van der Waals surface area contributed by atoms with Crippen molar-refractivity contribution in [3.63, 3.8) is 0 Å². The maximum atomic E-state index is 12.8. The van der Waals surface area contributed by atoms with E-state index in [1.807, 2.05) is 24.1 Å². The lowest BCUT2D eigenvalue weighted by molar-refractivity contribution is -0.0662. The van der Waals surface area contributed by atoms with Gasteiger partial charge in [0.2, 0.25) is 0 Å². The molecule has 1 aliphatic carbocycles. The maximum absolute atomic E-state index is 12.8. The molecule has 1 aromatic heterocycles. The molecule has 4 rings (SSSR count). The Kier molecular flexibility index (Phi) is 3.79. The Balaban J connectivity index is 1.58. The molecule has 1 saturated carbocycles. The molecule has 0 bridgehead atoms. The Bertz CT molecular complexity index is 718. The molecule has 1 spiro atoms. The molecule has 2 amide bonds. The number of rotatable bonds is 2. The molecule has 0 radical (unpaired) electrons. The number of nitrogens with zero attached hydrogens (tertiary/aromatic N) is 3. The lowest BCUT2D eigenvalue weighted by Gasteiger charge is -2.59. The number of nitrogens with one attached hydrogen (secondary N) is 1. The van der Waals surface area contributed by atoms with E-state index in [9.17, 15) is 4.79 Å². The normalized spacial score (nSPS) is 22.2. The highest BCUT2D eigenvalue weighted by Gasteiger charge is 2.54. The van der Waals surface area contributed by atoms with Crippen LogP contribution >= 0.6 is 0 Å². The van der Waals surface area contributed by atoms with E-state index in [2.05, 4.69) is 34.7 Å². The fourth-order valence-electron chi connectivity index (χ4n) is 4.46. The Morgan fingerprint density at radius 3 is 2.58 bits per heavy atom. The van der Waals surface area contributed by atoms with Gasteiger partial charge in [-0.3, -0.25) is 10.00 Å². The Morgan fingerprint density at radius 2 is 1.92 bits per heavy atom. The van der Waals surface area contributed by atoms with Gasteiger partial charge in [0.05, 0.1) is 12.2 Å². The Morgan fingerprint density at radius 1 is 1.17 bits per heavy atom. The van der Waals surface area contributed by atoms with Crippen LogP contribution in [-0.4, -0.2) is 27.3 Å². The summed E-state index contributed by atoms with van der Waals surface area (Å²) in [7, 11) is 1.84. The molecule has 2 heterocycles. The highest BCUT2D eigenvalue weighted by atomic mass is 16.2. The maximum Gasteiger partial charge on any atom is 0.323 e. The van der Waals surface area contributed by atoms with Crippen molar-refractivity contribution in [1.29, 1.82) is 0 Å². The summed E-state index contributed by atoms with van der Waals surface area (Å²) in [5, 5.41) is 7.12. The molecule has 24 heavy (non-hydrogen) atoms. The highest BCUT2D eigenvalue weighted by Crippen LogP contribution is 2.56. The van der Waals surface area contributed by atoms with E-state index in [1.165, 1.54) is 37.7 Å². The smallest absolute Gasteiger partial charge is 0.316 e. The third-order valence-corrected chi connectivity index (χ3v) is 5.66. The molecule has 1 saturated heterocycles. The SMILES string of the molecule is Cn1nccc1NC(=O)N1CC2(CCCCC2)C1c1ccccc1. The first-order chi connectivity index (χ1) is 11.7. The van der Waals surface area contributed by atoms with Crippen LogP contribution in [0, 0.1) is 5.41 Å². The van der Waals surface area contributed by atoms with Gasteiger partial charge in [0.1, 0.15) is 5.82 Å². The zero-order valence-electron chi connectivity index (χ0n) is 14.1. The minimum Gasteiger partial charge on any atom is -0.316 e. The zero-order chi connectivity index (χ0) is 16.6. The van der Waals surface area contributed by atoms with Gasteiger partial charge >= 0.3 is 6.03 Å². The number of likely N-dealkylation sites (tertiary alicyclic amines) is 1. The van der Waals surface area contributed by atoms with E-state index < -0.39 is 0 Å². The number of benzene rings is 1. The van der Waals surface area contributed by atoms with Crippen LogP contribution in [0.25, 0.3) is 0 Å². The second-order valence-electron chi connectivity index (χ2n) is 7.13. The van der Waals surface area contributed by atoms with Crippen LogP contribution in [0.15, 0.2) is 42.6 Å². The van der Waals surface area contributed by atoms with Gasteiger partial charge in [0.15, 0.2) is 0 Å². The van der Waals surface area contributed by atoms with Crippen LogP contribution in [0.2, 0.25) is 0 Å². The number of aryl methyl sites for hydroxylation is 1. The third kappa shape index (κ3) is 2.48. The van der Waals surface area contributed by atoms with E-state index in [4.69, 9.17) is 0 Å². The number of carbonyl (C=O) groups is 1. The van der Waals surface area contributed by atoms with Crippen molar-refractivity contribution in [2.24, 2.45) is 12.5 Å². The van der Waals surface area contributed by atoms with Gasteiger partial charge in [0.25, 0.3) is 0 Å². The summed E-state index contributed by atoms with van der Waals surface area (Å²) in [4.78, 5) is 14.8. The number of anilines is 1. The van der Waals surface area contributed by atoms with Crippen LogP contribution in [0.4, 0.5) is 10.6 Å². The van der Waals surface area contributed by atoms with Crippen molar-refractivity contribution in [2.75, 3.05) is 11.9 Å². The number of amides is 2. The molecular weight excluding hydrogens is 300 g/mol. The summed E-state index contributed by atoms with van der Waals surface area (Å²) >= 11 is 0. The number of carbonyl (C=O) groups excluding carboxylic acids is 1. The Hall–Kier alpha value is -2.30. The minimum absolute atomic E-state index is 0.0244. The second-order valence-corrected chi connectivity index (χ2v) is 7.13. The van der Waals surface area contributed by atoms with Crippen LogP contribution in [0.5, 0.6) is 0 Å². The molecular formula is C19H24N4O. The number of urea groups is 1. The van der Waals surface area contributed by atoms with E-state index in [-0.39, 0.29) is 17.5 Å².